The number of rotatable bonds is 3. The summed E-state index contributed by atoms with van der Waals surface area (Å²) in [5, 5.41) is 11.4. The van der Waals surface area contributed by atoms with Crippen LogP contribution in [0.5, 0.6) is 11.5 Å². The molecule has 0 radical (unpaired) electrons. The van der Waals surface area contributed by atoms with Crippen molar-refractivity contribution in [3.8, 4) is 11.5 Å². The van der Waals surface area contributed by atoms with E-state index >= 15 is 0 Å². The van der Waals surface area contributed by atoms with Crippen LogP contribution in [0.2, 0.25) is 0 Å². The molecule has 96 valence electrons. The van der Waals surface area contributed by atoms with Crippen LogP contribution in [0.4, 0.5) is 0 Å². The quantitative estimate of drug-likeness (QED) is 0.814. The average molecular weight is 251 g/mol. The zero-order valence-corrected chi connectivity index (χ0v) is 10.0. The van der Waals surface area contributed by atoms with Crippen molar-refractivity contribution in [2.24, 2.45) is 0 Å². The summed E-state index contributed by atoms with van der Waals surface area (Å²) in [6.07, 6.45) is 0.233. The monoisotopic (exact) mass is 251 g/mol. The predicted molar refractivity (Wildman–Crippen MR) is 62.1 cm³/mol. The van der Waals surface area contributed by atoms with Gasteiger partial charge in [0.1, 0.15) is 6.04 Å². The van der Waals surface area contributed by atoms with Gasteiger partial charge in [0.25, 0.3) is 5.91 Å². The van der Waals surface area contributed by atoms with Gasteiger partial charge in [-0.3, -0.25) is 4.79 Å². The van der Waals surface area contributed by atoms with Gasteiger partial charge in [-0.25, -0.2) is 4.79 Å². The Morgan fingerprint density at radius 1 is 1.33 bits per heavy atom. The smallest absolute Gasteiger partial charge is 0.326 e. The van der Waals surface area contributed by atoms with Gasteiger partial charge in [0, 0.05) is 12.0 Å². The topological polar surface area (TPSA) is 84.9 Å². The van der Waals surface area contributed by atoms with E-state index in [1.54, 1.807) is 12.1 Å². The van der Waals surface area contributed by atoms with Crippen LogP contribution in [-0.4, -0.2) is 37.2 Å². The first kappa shape index (κ1) is 12.2. The third-order valence-corrected chi connectivity index (χ3v) is 2.88. The fraction of sp³-hybridized carbons (Fsp3) is 0.333. The Labute approximate surface area is 104 Å². The molecule has 0 bridgehead atoms. The minimum atomic E-state index is -1.05. The lowest BCUT2D eigenvalue weighted by Gasteiger charge is -2.23. The third kappa shape index (κ3) is 1.97. The summed E-state index contributed by atoms with van der Waals surface area (Å²) >= 11 is 0. The van der Waals surface area contributed by atoms with E-state index in [0.717, 1.165) is 0 Å². The summed E-state index contributed by atoms with van der Waals surface area (Å²) in [4.78, 5) is 22.7. The van der Waals surface area contributed by atoms with Gasteiger partial charge in [0.05, 0.1) is 14.2 Å². The number of aliphatic carboxylic acids is 1. The molecule has 6 nitrogen and oxygen atoms in total. The lowest BCUT2D eigenvalue weighted by Crippen LogP contribution is -2.46. The Balaban J connectivity index is 2.47. The van der Waals surface area contributed by atoms with E-state index in [1.165, 1.54) is 14.2 Å². The molecule has 1 atom stereocenters. The molecular weight excluding hydrogens is 238 g/mol. The molecule has 6 heteroatoms. The third-order valence-electron chi connectivity index (χ3n) is 2.88. The molecule has 0 saturated carbocycles. The highest BCUT2D eigenvalue weighted by Gasteiger charge is 2.30. The van der Waals surface area contributed by atoms with Gasteiger partial charge in [0.15, 0.2) is 11.5 Å². The summed E-state index contributed by atoms with van der Waals surface area (Å²) in [7, 11) is 2.97. The second-order valence-corrected chi connectivity index (χ2v) is 3.93. The number of ether oxygens (including phenoxy) is 2. The molecule has 1 aromatic carbocycles. The van der Waals surface area contributed by atoms with Crippen LogP contribution in [-0.2, 0) is 11.2 Å². The van der Waals surface area contributed by atoms with Crippen molar-refractivity contribution in [1.82, 2.24) is 5.32 Å². The zero-order chi connectivity index (χ0) is 13.3. The normalized spacial score (nSPS) is 17.7. The number of methoxy groups -OCH3 is 2. The second kappa shape index (κ2) is 4.56. The van der Waals surface area contributed by atoms with Gasteiger partial charge < -0.3 is 19.9 Å². The van der Waals surface area contributed by atoms with Gasteiger partial charge in [-0.2, -0.15) is 0 Å². The highest BCUT2D eigenvalue weighted by atomic mass is 16.5. The Kier molecular flexibility index (Phi) is 3.10. The molecule has 1 heterocycles. The molecule has 0 aliphatic carbocycles. The first-order valence-electron chi connectivity index (χ1n) is 5.35. The maximum absolute atomic E-state index is 11.8. The molecule has 1 aliphatic rings. The van der Waals surface area contributed by atoms with Crippen molar-refractivity contribution in [1.29, 1.82) is 0 Å². The number of carbonyl (C=O) groups excluding carboxylic acids is 1. The Bertz CT molecular complexity index is 511. The molecule has 2 N–H and O–H groups in total. The number of nitrogens with one attached hydrogen (secondary N) is 1. The van der Waals surface area contributed by atoms with Crippen LogP contribution in [0, 0.1) is 0 Å². The zero-order valence-electron chi connectivity index (χ0n) is 10.0. The first-order chi connectivity index (χ1) is 8.56. The number of benzene rings is 1. The van der Waals surface area contributed by atoms with E-state index < -0.39 is 17.9 Å². The second-order valence-electron chi connectivity index (χ2n) is 3.93. The number of hydrogen-bond donors (Lipinski definition) is 2. The van der Waals surface area contributed by atoms with Gasteiger partial charge in [-0.15, -0.1) is 0 Å². The van der Waals surface area contributed by atoms with Crippen LogP contribution in [0.3, 0.4) is 0 Å². The molecule has 1 aliphatic heterocycles. The lowest BCUT2D eigenvalue weighted by molar-refractivity contribution is -0.139. The van der Waals surface area contributed by atoms with E-state index in [9.17, 15) is 9.59 Å². The molecule has 0 aromatic heterocycles. The van der Waals surface area contributed by atoms with E-state index in [-0.39, 0.29) is 6.42 Å². The number of hydrogen-bond acceptors (Lipinski definition) is 4. The van der Waals surface area contributed by atoms with Crippen LogP contribution in [0.15, 0.2) is 12.1 Å². The van der Waals surface area contributed by atoms with Crippen LogP contribution in [0.25, 0.3) is 0 Å². The van der Waals surface area contributed by atoms with Crippen molar-refractivity contribution < 1.29 is 24.2 Å². The number of carbonyl (C=O) groups is 2. The maximum Gasteiger partial charge on any atom is 0.326 e. The Hall–Kier alpha value is -2.24. The van der Waals surface area contributed by atoms with Gasteiger partial charge in [-0.1, -0.05) is 0 Å². The summed E-state index contributed by atoms with van der Waals surface area (Å²) < 4.78 is 10.2. The van der Waals surface area contributed by atoms with Crippen molar-refractivity contribution in [3.05, 3.63) is 23.3 Å². The number of amides is 1. The average Bonchev–Trinajstić information content (AvgIpc) is 2.36. The Morgan fingerprint density at radius 2 is 1.94 bits per heavy atom. The van der Waals surface area contributed by atoms with E-state index in [4.69, 9.17) is 14.6 Å². The molecule has 1 amide bonds. The molecule has 0 fully saturated rings. The van der Waals surface area contributed by atoms with Crippen molar-refractivity contribution >= 4 is 11.9 Å². The minimum Gasteiger partial charge on any atom is -0.493 e. The number of carboxylic acid groups (broad SMARTS) is 1. The van der Waals surface area contributed by atoms with Gasteiger partial charge >= 0.3 is 5.97 Å². The number of carboxylic acids is 1. The summed E-state index contributed by atoms with van der Waals surface area (Å²) in [5.41, 5.74) is 1.06. The molecule has 0 spiro atoms. The summed E-state index contributed by atoms with van der Waals surface area (Å²) in [5.74, 6) is -0.538. The molecule has 2 rings (SSSR count). The summed E-state index contributed by atoms with van der Waals surface area (Å²) in [6.45, 7) is 0. The fourth-order valence-electron chi connectivity index (χ4n) is 1.96. The molecular formula is C12H13NO5. The SMILES string of the molecule is COc1cc2c(cc1OC)C(=O)N[C@H](C(=O)O)C2. The maximum atomic E-state index is 11.8. The van der Waals surface area contributed by atoms with E-state index in [0.29, 0.717) is 22.6 Å². The highest BCUT2D eigenvalue weighted by molar-refractivity contribution is 6.00. The van der Waals surface area contributed by atoms with Crippen LogP contribution >= 0.6 is 0 Å². The van der Waals surface area contributed by atoms with Crippen molar-refractivity contribution in [3.63, 3.8) is 0 Å². The largest absolute Gasteiger partial charge is 0.493 e. The van der Waals surface area contributed by atoms with Gasteiger partial charge in [-0.05, 0) is 17.7 Å². The predicted octanol–water partition coefficient (Wildman–Crippen LogP) is 0.443. The van der Waals surface area contributed by atoms with Crippen molar-refractivity contribution in [2.45, 2.75) is 12.5 Å². The van der Waals surface area contributed by atoms with E-state index in [2.05, 4.69) is 5.32 Å². The molecule has 0 saturated heterocycles. The minimum absolute atomic E-state index is 0.233. The van der Waals surface area contributed by atoms with Crippen LogP contribution in [0.1, 0.15) is 15.9 Å². The number of fused-ring (bicyclic) bond motifs is 1. The lowest BCUT2D eigenvalue weighted by atomic mass is 9.94. The first-order valence-corrected chi connectivity index (χ1v) is 5.35. The van der Waals surface area contributed by atoms with Crippen molar-refractivity contribution in [2.75, 3.05) is 14.2 Å². The summed E-state index contributed by atoms with van der Waals surface area (Å²) in [6, 6.07) is 2.30. The molecule has 18 heavy (non-hydrogen) atoms. The fourth-order valence-corrected chi connectivity index (χ4v) is 1.96. The molecule has 1 aromatic rings. The highest BCUT2D eigenvalue weighted by Crippen LogP contribution is 2.32. The Morgan fingerprint density at radius 3 is 2.50 bits per heavy atom. The standard InChI is InChI=1S/C12H13NO5/c1-17-9-4-6-3-8(12(15)16)13-11(14)7(6)5-10(9)18-2/h4-5,8H,3H2,1-2H3,(H,13,14)(H,15,16)/t8-/m0/s1. The van der Waals surface area contributed by atoms with Crippen LogP contribution < -0.4 is 14.8 Å². The van der Waals surface area contributed by atoms with Gasteiger partial charge in [0.2, 0.25) is 0 Å². The van der Waals surface area contributed by atoms with E-state index in [1.807, 2.05) is 0 Å². The molecule has 0 unspecified atom stereocenters.